The van der Waals surface area contributed by atoms with Crippen molar-refractivity contribution in [3.05, 3.63) is 15.8 Å². The van der Waals surface area contributed by atoms with E-state index in [2.05, 4.69) is 20.7 Å². The van der Waals surface area contributed by atoms with Gasteiger partial charge in [-0.1, -0.05) is 12.8 Å². The number of hydrogen-bond acceptors (Lipinski definition) is 7. The highest BCUT2D eigenvalue weighted by molar-refractivity contribution is 5.61. The smallest absolute Gasteiger partial charge is 0.332 e. The third-order valence-corrected chi connectivity index (χ3v) is 3.07. The normalized spacial score (nSPS) is 15.7. The fraction of sp³-hybridized carbons (Fsp3) is 0.600. The van der Waals surface area contributed by atoms with Crippen molar-refractivity contribution in [1.82, 2.24) is 9.97 Å². The zero-order valence-corrected chi connectivity index (χ0v) is 10.1. The number of rotatable bonds is 4. The first-order chi connectivity index (χ1) is 8.61. The highest BCUT2D eigenvalue weighted by Gasteiger charge is 2.25. The van der Waals surface area contributed by atoms with Gasteiger partial charge in [-0.15, -0.1) is 0 Å². The number of hydrogen-bond donors (Lipinski definition) is 3. The minimum Gasteiger partial charge on any atom is -0.361 e. The van der Waals surface area contributed by atoms with Crippen molar-refractivity contribution in [2.24, 2.45) is 5.84 Å². The van der Waals surface area contributed by atoms with Crippen LogP contribution in [0.15, 0.2) is 0 Å². The maximum absolute atomic E-state index is 11.0. The minimum absolute atomic E-state index is 0.0825. The predicted octanol–water partition coefficient (Wildman–Crippen LogP) is 1.33. The van der Waals surface area contributed by atoms with Crippen molar-refractivity contribution >= 4 is 17.5 Å². The highest BCUT2D eigenvalue weighted by atomic mass is 16.6. The first-order valence-corrected chi connectivity index (χ1v) is 5.88. The molecule has 0 bridgehead atoms. The molecule has 2 rings (SSSR count). The van der Waals surface area contributed by atoms with Gasteiger partial charge in [0.25, 0.3) is 0 Å². The molecular formula is C10H16N6O2. The number of nitrogens with two attached hydrogens (primary N) is 1. The number of aryl methyl sites for hydroxylation is 1. The third kappa shape index (κ3) is 2.48. The molecule has 0 atom stereocenters. The lowest BCUT2D eigenvalue weighted by atomic mass is 10.2. The molecule has 98 valence electrons. The lowest BCUT2D eigenvalue weighted by Crippen LogP contribution is -2.19. The van der Waals surface area contributed by atoms with Gasteiger partial charge in [0.2, 0.25) is 11.8 Å². The number of aromatic nitrogens is 2. The van der Waals surface area contributed by atoms with E-state index in [1.165, 1.54) is 0 Å². The molecule has 0 saturated heterocycles. The minimum atomic E-state index is -0.465. The number of hydrazine groups is 1. The van der Waals surface area contributed by atoms with Gasteiger partial charge in [0, 0.05) is 6.04 Å². The van der Waals surface area contributed by atoms with Gasteiger partial charge in [-0.05, 0) is 19.8 Å². The summed E-state index contributed by atoms with van der Waals surface area (Å²) in [5.74, 6) is 5.67. The van der Waals surface area contributed by atoms with E-state index in [0.717, 1.165) is 25.7 Å². The molecule has 1 aliphatic carbocycles. The summed E-state index contributed by atoms with van der Waals surface area (Å²) in [5.41, 5.74) is 2.53. The Morgan fingerprint density at radius 2 is 2.06 bits per heavy atom. The summed E-state index contributed by atoms with van der Waals surface area (Å²) in [4.78, 5) is 18.5. The van der Waals surface area contributed by atoms with Crippen molar-refractivity contribution in [1.29, 1.82) is 0 Å². The summed E-state index contributed by atoms with van der Waals surface area (Å²) >= 11 is 0. The molecule has 1 fully saturated rings. The molecule has 0 spiro atoms. The van der Waals surface area contributed by atoms with Crippen molar-refractivity contribution in [3.8, 4) is 0 Å². The van der Waals surface area contributed by atoms with E-state index in [9.17, 15) is 10.1 Å². The number of nitrogens with one attached hydrogen (secondary N) is 2. The Labute approximate surface area is 104 Å². The summed E-state index contributed by atoms with van der Waals surface area (Å²) in [5, 5.41) is 14.2. The molecule has 1 aromatic rings. The molecule has 1 aromatic heterocycles. The average Bonchev–Trinajstić information content (AvgIpc) is 2.80. The van der Waals surface area contributed by atoms with Crippen LogP contribution in [0, 0.1) is 17.0 Å². The van der Waals surface area contributed by atoms with Crippen LogP contribution in [0.3, 0.4) is 0 Å². The summed E-state index contributed by atoms with van der Waals surface area (Å²) in [6, 6.07) is 0.239. The lowest BCUT2D eigenvalue weighted by molar-refractivity contribution is -0.385. The number of nitrogens with zero attached hydrogens (tertiary/aromatic N) is 3. The summed E-state index contributed by atoms with van der Waals surface area (Å²) < 4.78 is 0. The largest absolute Gasteiger partial charge is 0.361 e. The summed E-state index contributed by atoms with van der Waals surface area (Å²) in [6.45, 7) is 1.57. The summed E-state index contributed by atoms with van der Waals surface area (Å²) in [7, 11) is 0. The first kappa shape index (κ1) is 12.5. The Morgan fingerprint density at radius 1 is 1.39 bits per heavy atom. The van der Waals surface area contributed by atoms with Crippen LogP contribution in [0.1, 0.15) is 31.4 Å². The van der Waals surface area contributed by atoms with Crippen molar-refractivity contribution in [2.45, 2.75) is 38.6 Å². The van der Waals surface area contributed by atoms with Gasteiger partial charge in [0.15, 0.2) is 0 Å². The van der Waals surface area contributed by atoms with E-state index >= 15 is 0 Å². The fourth-order valence-corrected chi connectivity index (χ4v) is 2.21. The second-order valence-corrected chi connectivity index (χ2v) is 4.36. The van der Waals surface area contributed by atoms with Crippen molar-refractivity contribution in [3.63, 3.8) is 0 Å². The Bertz CT molecular complexity index is 458. The Hall–Kier alpha value is -1.96. The molecule has 1 aliphatic rings. The molecule has 0 aromatic carbocycles. The Balaban J connectivity index is 2.34. The molecule has 1 heterocycles. The number of anilines is 2. The molecule has 0 amide bonds. The van der Waals surface area contributed by atoms with Crippen LogP contribution in [-0.4, -0.2) is 20.9 Å². The van der Waals surface area contributed by atoms with E-state index in [0.29, 0.717) is 5.69 Å². The van der Waals surface area contributed by atoms with Gasteiger partial charge in [-0.3, -0.25) is 15.5 Å². The van der Waals surface area contributed by atoms with E-state index in [1.54, 1.807) is 6.92 Å². The van der Waals surface area contributed by atoms with Gasteiger partial charge in [0.1, 0.15) is 5.69 Å². The molecule has 8 nitrogen and oxygen atoms in total. The quantitative estimate of drug-likeness (QED) is 0.420. The SMILES string of the molecule is Cc1nc(NN)nc(NC2CCCC2)c1[N+](=O)[O-]. The second kappa shape index (κ2) is 5.13. The average molecular weight is 252 g/mol. The molecule has 4 N–H and O–H groups in total. The third-order valence-electron chi connectivity index (χ3n) is 3.07. The van der Waals surface area contributed by atoms with Crippen LogP contribution in [0.2, 0.25) is 0 Å². The van der Waals surface area contributed by atoms with E-state index < -0.39 is 4.92 Å². The topological polar surface area (TPSA) is 119 Å². The van der Waals surface area contributed by atoms with Crippen LogP contribution < -0.4 is 16.6 Å². The molecule has 0 unspecified atom stereocenters. The van der Waals surface area contributed by atoms with Crippen molar-refractivity contribution < 1.29 is 4.92 Å². The molecular weight excluding hydrogens is 236 g/mol. The Kier molecular flexibility index (Phi) is 3.56. The van der Waals surface area contributed by atoms with Gasteiger partial charge >= 0.3 is 5.69 Å². The van der Waals surface area contributed by atoms with E-state index in [1.807, 2.05) is 0 Å². The van der Waals surface area contributed by atoms with Crippen LogP contribution in [0.4, 0.5) is 17.5 Å². The molecule has 18 heavy (non-hydrogen) atoms. The first-order valence-electron chi connectivity index (χ1n) is 5.88. The van der Waals surface area contributed by atoms with Crippen LogP contribution in [0.25, 0.3) is 0 Å². The fourth-order valence-electron chi connectivity index (χ4n) is 2.21. The van der Waals surface area contributed by atoms with Gasteiger partial charge in [0.05, 0.1) is 4.92 Å². The van der Waals surface area contributed by atoms with Gasteiger partial charge < -0.3 is 5.32 Å². The molecule has 0 radical (unpaired) electrons. The predicted molar refractivity (Wildman–Crippen MR) is 67.1 cm³/mol. The zero-order valence-electron chi connectivity index (χ0n) is 10.1. The lowest BCUT2D eigenvalue weighted by Gasteiger charge is -2.14. The van der Waals surface area contributed by atoms with Crippen LogP contribution in [0.5, 0.6) is 0 Å². The monoisotopic (exact) mass is 252 g/mol. The number of nitrogen functional groups attached to an aromatic ring is 1. The summed E-state index contributed by atoms with van der Waals surface area (Å²) in [6.07, 6.45) is 4.28. The van der Waals surface area contributed by atoms with E-state index in [-0.39, 0.29) is 23.5 Å². The number of nitro groups is 1. The van der Waals surface area contributed by atoms with Gasteiger partial charge in [-0.25, -0.2) is 10.8 Å². The van der Waals surface area contributed by atoms with Crippen LogP contribution in [-0.2, 0) is 0 Å². The molecule has 1 saturated carbocycles. The zero-order chi connectivity index (χ0) is 13.1. The standard InChI is InChI=1S/C10H16N6O2/c1-6-8(16(17)18)9(14-10(12-6)15-11)13-7-4-2-3-5-7/h7H,2-5,11H2,1H3,(H2,12,13,14,15). The molecule has 8 heteroatoms. The van der Waals surface area contributed by atoms with Crippen molar-refractivity contribution in [2.75, 3.05) is 10.7 Å². The highest BCUT2D eigenvalue weighted by Crippen LogP contribution is 2.29. The Morgan fingerprint density at radius 3 is 2.61 bits per heavy atom. The molecule has 0 aliphatic heterocycles. The second-order valence-electron chi connectivity index (χ2n) is 4.36. The van der Waals surface area contributed by atoms with E-state index in [4.69, 9.17) is 5.84 Å². The van der Waals surface area contributed by atoms with Gasteiger partial charge in [-0.2, -0.15) is 4.98 Å². The van der Waals surface area contributed by atoms with Crippen LogP contribution >= 0.6 is 0 Å². The maximum Gasteiger partial charge on any atom is 0.332 e. The maximum atomic E-state index is 11.0.